The Bertz CT molecular complexity index is 1460. The van der Waals surface area contributed by atoms with Gasteiger partial charge < -0.3 is 15.2 Å². The lowest BCUT2D eigenvalue weighted by molar-refractivity contribution is -0.274. The molecule has 4 aromatic rings. The minimum Gasteiger partial charge on any atom is -0.493 e. The Morgan fingerprint density at radius 2 is 1.46 bits per heavy atom. The highest BCUT2D eigenvalue weighted by Gasteiger charge is 2.34. The highest BCUT2D eigenvalue weighted by atomic mass is 19.4. The second-order valence-corrected chi connectivity index (χ2v) is 8.98. The summed E-state index contributed by atoms with van der Waals surface area (Å²) >= 11 is 0. The number of rotatable bonds is 6. The summed E-state index contributed by atoms with van der Waals surface area (Å²) < 4.78 is 110. The monoisotopic (exact) mass is 557 g/mol. The smallest absolute Gasteiger partial charge is 0.493 e. The third-order valence-corrected chi connectivity index (χ3v) is 5.68. The number of aromatic hydroxyl groups is 1. The number of nitrogens with one attached hydrogen (secondary N) is 1. The molecule has 39 heavy (non-hydrogen) atoms. The molecule has 0 unspecified atom stereocenters. The Balaban J connectivity index is 1.78. The average Bonchev–Trinajstić information content (AvgIpc) is 3.13. The second kappa shape index (κ2) is 9.79. The number of hydrogen-bond acceptors (Lipinski definition) is 4. The molecule has 0 saturated carbocycles. The third-order valence-electron chi connectivity index (χ3n) is 5.68. The number of aromatic nitrogens is 2. The number of ether oxygens (including phenoxy) is 1. The van der Waals surface area contributed by atoms with Crippen molar-refractivity contribution in [2.24, 2.45) is 0 Å². The van der Waals surface area contributed by atoms with Crippen molar-refractivity contribution in [1.82, 2.24) is 9.55 Å². The molecule has 0 spiro atoms. The highest BCUT2D eigenvalue weighted by molar-refractivity contribution is 5.74. The van der Waals surface area contributed by atoms with Gasteiger partial charge in [0.15, 0.2) is 0 Å². The van der Waals surface area contributed by atoms with Gasteiger partial charge in [0.2, 0.25) is 5.88 Å². The summed E-state index contributed by atoms with van der Waals surface area (Å²) in [6, 6.07) is 10.3. The predicted octanol–water partition coefficient (Wildman–Crippen LogP) is 7.79. The van der Waals surface area contributed by atoms with Crippen LogP contribution in [-0.4, -0.2) is 21.0 Å². The molecule has 0 saturated heterocycles. The molecule has 4 rings (SSSR count). The van der Waals surface area contributed by atoms with Gasteiger partial charge >= 0.3 is 12.5 Å². The zero-order valence-corrected chi connectivity index (χ0v) is 20.1. The van der Waals surface area contributed by atoms with Gasteiger partial charge in [-0.1, -0.05) is 6.07 Å². The predicted molar refractivity (Wildman–Crippen MR) is 125 cm³/mol. The summed E-state index contributed by atoms with van der Waals surface area (Å²) in [5.41, 5.74) is -1.73. The van der Waals surface area contributed by atoms with Gasteiger partial charge in [0.25, 0.3) is 0 Å². The minimum atomic E-state index is -4.93. The lowest BCUT2D eigenvalue weighted by Crippen LogP contribution is -2.28. The summed E-state index contributed by atoms with van der Waals surface area (Å²) in [6.45, 7) is 3.19. The van der Waals surface area contributed by atoms with E-state index in [1.165, 1.54) is 24.3 Å². The maximum absolute atomic E-state index is 14.0. The number of hydrogen-bond donors (Lipinski definition) is 2. The molecular formula is C26H19F8N3O2. The van der Waals surface area contributed by atoms with Crippen LogP contribution in [0.5, 0.6) is 11.6 Å². The number of anilines is 1. The van der Waals surface area contributed by atoms with Crippen molar-refractivity contribution >= 4 is 5.69 Å². The Morgan fingerprint density at radius 3 is 1.97 bits per heavy atom. The molecule has 2 N–H and O–H groups in total. The van der Waals surface area contributed by atoms with Crippen LogP contribution in [-0.2, 0) is 11.7 Å². The van der Waals surface area contributed by atoms with E-state index in [1.54, 1.807) is 13.8 Å². The molecular weight excluding hydrogens is 538 g/mol. The van der Waals surface area contributed by atoms with Crippen LogP contribution in [0.4, 0.5) is 40.8 Å². The van der Waals surface area contributed by atoms with Gasteiger partial charge in [0.1, 0.15) is 23.1 Å². The fraction of sp³-hybridized carbons (Fsp3) is 0.192. The molecule has 2 heterocycles. The molecule has 0 bridgehead atoms. The SMILES string of the molecule is CC(C)(Nc1cc(-c2cc(F)cc(F)c2)n(-c2ccc(OC(F)(F)F)cc2)c1O)c1ccc(C(F)(F)F)nc1. The molecule has 0 aliphatic rings. The van der Waals surface area contributed by atoms with E-state index in [4.69, 9.17) is 0 Å². The van der Waals surface area contributed by atoms with Gasteiger partial charge in [0.05, 0.1) is 16.9 Å². The van der Waals surface area contributed by atoms with E-state index in [2.05, 4.69) is 15.0 Å². The van der Waals surface area contributed by atoms with Gasteiger partial charge in [-0.15, -0.1) is 13.2 Å². The van der Waals surface area contributed by atoms with E-state index in [0.717, 1.165) is 41.1 Å². The fourth-order valence-electron chi connectivity index (χ4n) is 3.90. The average molecular weight is 557 g/mol. The van der Waals surface area contributed by atoms with Crippen molar-refractivity contribution in [2.45, 2.75) is 31.9 Å². The third kappa shape index (κ3) is 6.24. The summed E-state index contributed by atoms with van der Waals surface area (Å²) in [5.74, 6) is -2.87. The number of halogens is 8. The largest absolute Gasteiger partial charge is 0.573 e. The quantitative estimate of drug-likeness (QED) is 0.238. The first-order chi connectivity index (χ1) is 18.0. The molecule has 0 aliphatic carbocycles. The lowest BCUT2D eigenvalue weighted by atomic mass is 9.95. The van der Waals surface area contributed by atoms with E-state index in [1.807, 2.05) is 0 Å². The van der Waals surface area contributed by atoms with Crippen LogP contribution >= 0.6 is 0 Å². The summed E-state index contributed by atoms with van der Waals surface area (Å²) in [5, 5.41) is 14.1. The van der Waals surface area contributed by atoms with Crippen LogP contribution in [0.25, 0.3) is 16.9 Å². The maximum Gasteiger partial charge on any atom is 0.573 e. The normalized spacial score (nSPS) is 12.5. The first-order valence-electron chi connectivity index (χ1n) is 11.1. The molecule has 0 fully saturated rings. The first-order valence-corrected chi connectivity index (χ1v) is 11.1. The van der Waals surface area contributed by atoms with E-state index in [0.29, 0.717) is 11.6 Å². The number of nitrogens with zero attached hydrogens (tertiary/aromatic N) is 2. The topological polar surface area (TPSA) is 59.3 Å². The Labute approximate surface area is 216 Å². The van der Waals surface area contributed by atoms with Crippen molar-refractivity contribution in [2.75, 3.05) is 5.32 Å². The molecule has 2 aromatic heterocycles. The van der Waals surface area contributed by atoms with E-state index < -0.39 is 47.0 Å². The molecule has 0 atom stereocenters. The first kappa shape index (κ1) is 27.7. The molecule has 2 aromatic carbocycles. The van der Waals surface area contributed by atoms with E-state index in [-0.39, 0.29) is 22.6 Å². The van der Waals surface area contributed by atoms with E-state index >= 15 is 0 Å². The van der Waals surface area contributed by atoms with Crippen molar-refractivity contribution in [3.8, 4) is 28.6 Å². The molecule has 13 heteroatoms. The molecule has 0 amide bonds. The lowest BCUT2D eigenvalue weighted by Gasteiger charge is -2.27. The van der Waals surface area contributed by atoms with Gasteiger partial charge in [-0.25, -0.2) is 8.78 Å². The van der Waals surface area contributed by atoms with Crippen molar-refractivity contribution in [1.29, 1.82) is 0 Å². The van der Waals surface area contributed by atoms with E-state index in [9.17, 15) is 40.2 Å². The standard InChI is InChI=1S/C26H19F8N3O2/c1-24(2,15-3-8-22(35-13-15)25(29,30)31)36-20-12-21(14-9-16(27)11-17(28)10-14)37(23(20)38)18-4-6-19(7-5-18)39-26(32,33)34/h3-13,36,38H,1-2H3. The minimum absolute atomic E-state index is 0.00943. The molecule has 5 nitrogen and oxygen atoms in total. The number of benzene rings is 2. The summed E-state index contributed by atoms with van der Waals surface area (Å²) in [7, 11) is 0. The van der Waals surface area contributed by atoms with Crippen LogP contribution in [0.1, 0.15) is 25.1 Å². The fourth-order valence-corrected chi connectivity index (χ4v) is 3.90. The van der Waals surface area contributed by atoms with Gasteiger partial charge in [-0.05, 0) is 67.9 Å². The van der Waals surface area contributed by atoms with Crippen LogP contribution in [0.2, 0.25) is 0 Å². The second-order valence-electron chi connectivity index (χ2n) is 8.98. The molecule has 0 radical (unpaired) electrons. The van der Waals surface area contributed by atoms with Crippen LogP contribution in [0, 0.1) is 11.6 Å². The van der Waals surface area contributed by atoms with Gasteiger partial charge in [0, 0.05) is 23.5 Å². The highest BCUT2D eigenvalue weighted by Crippen LogP contribution is 2.41. The van der Waals surface area contributed by atoms with Gasteiger partial charge in [-0.3, -0.25) is 9.55 Å². The van der Waals surface area contributed by atoms with Crippen LogP contribution in [0.3, 0.4) is 0 Å². The Kier molecular flexibility index (Phi) is 6.96. The Morgan fingerprint density at radius 1 is 0.846 bits per heavy atom. The maximum atomic E-state index is 14.0. The van der Waals surface area contributed by atoms with Gasteiger partial charge in [-0.2, -0.15) is 13.2 Å². The van der Waals surface area contributed by atoms with Crippen molar-refractivity contribution in [3.05, 3.63) is 89.8 Å². The number of alkyl halides is 6. The molecule has 0 aliphatic heterocycles. The Hall–Kier alpha value is -4.29. The zero-order valence-electron chi connectivity index (χ0n) is 20.1. The molecule has 206 valence electrons. The number of pyridine rings is 1. The van der Waals surface area contributed by atoms with Crippen LogP contribution < -0.4 is 10.1 Å². The summed E-state index contributed by atoms with van der Waals surface area (Å²) in [4.78, 5) is 3.44. The van der Waals surface area contributed by atoms with Crippen LogP contribution in [0.15, 0.2) is 66.9 Å². The van der Waals surface area contributed by atoms with Crippen molar-refractivity contribution in [3.63, 3.8) is 0 Å². The summed E-state index contributed by atoms with van der Waals surface area (Å²) in [6.07, 6.45) is -8.55. The van der Waals surface area contributed by atoms with Crippen molar-refractivity contribution < 1.29 is 45.0 Å². The zero-order chi connectivity index (χ0) is 28.8.